The molecule has 1 aliphatic heterocycles. The lowest BCUT2D eigenvalue weighted by Gasteiger charge is -2.32. The first-order chi connectivity index (χ1) is 10.2. The molecule has 21 heavy (non-hydrogen) atoms. The third kappa shape index (κ3) is 4.18. The first kappa shape index (κ1) is 15.3. The molecule has 1 saturated heterocycles. The zero-order chi connectivity index (χ0) is 15.1. The Morgan fingerprint density at radius 1 is 1.33 bits per heavy atom. The van der Waals surface area contributed by atoms with Crippen LogP contribution in [0.3, 0.4) is 0 Å². The van der Waals surface area contributed by atoms with Crippen LogP contribution < -0.4 is 5.32 Å². The van der Waals surface area contributed by atoms with Crippen LogP contribution in [0.5, 0.6) is 0 Å². The molecule has 1 fully saturated rings. The molecular formula is C15H22N4O2. The highest BCUT2D eigenvalue weighted by atomic mass is 16.2. The number of pyridine rings is 1. The molecule has 1 aromatic rings. The lowest BCUT2D eigenvalue weighted by molar-refractivity contribution is -0.119. The van der Waals surface area contributed by atoms with Crippen LogP contribution in [0.15, 0.2) is 18.5 Å². The lowest BCUT2D eigenvalue weighted by Crippen LogP contribution is -2.48. The summed E-state index contributed by atoms with van der Waals surface area (Å²) in [5.41, 5.74) is 1.47. The third-order valence-electron chi connectivity index (χ3n) is 3.60. The minimum atomic E-state index is -0.0211. The Kier molecular flexibility index (Phi) is 5.54. The maximum Gasteiger partial charge on any atom is 0.255 e. The van der Waals surface area contributed by atoms with Crippen LogP contribution in [0.1, 0.15) is 30.1 Å². The molecule has 6 heteroatoms. The predicted octanol–water partition coefficient (Wildman–Crippen LogP) is 1.21. The summed E-state index contributed by atoms with van der Waals surface area (Å²) >= 11 is 0. The number of nitrogens with one attached hydrogen (secondary N) is 1. The van der Waals surface area contributed by atoms with Crippen LogP contribution in [0.25, 0.3) is 0 Å². The summed E-state index contributed by atoms with van der Waals surface area (Å²) in [5.74, 6) is -0.0211. The highest BCUT2D eigenvalue weighted by Crippen LogP contribution is 2.12. The van der Waals surface area contributed by atoms with E-state index >= 15 is 0 Å². The molecule has 0 unspecified atom stereocenters. The Hall–Kier alpha value is -2.11. The van der Waals surface area contributed by atoms with Crippen LogP contribution in [-0.2, 0) is 4.79 Å². The molecule has 0 radical (unpaired) electrons. The van der Waals surface area contributed by atoms with Crippen LogP contribution in [0, 0.1) is 0 Å². The molecule has 1 aliphatic rings. The van der Waals surface area contributed by atoms with Gasteiger partial charge in [-0.05, 0) is 12.5 Å². The van der Waals surface area contributed by atoms with Crippen molar-refractivity contribution in [3.8, 4) is 0 Å². The van der Waals surface area contributed by atoms with Gasteiger partial charge in [-0.3, -0.25) is 14.6 Å². The van der Waals surface area contributed by atoms with E-state index in [1.54, 1.807) is 22.2 Å². The molecule has 2 rings (SSSR count). The van der Waals surface area contributed by atoms with Gasteiger partial charge in [0.05, 0.1) is 11.3 Å². The number of unbranched alkanes of at least 4 members (excludes halogenated alkanes) is 1. The molecule has 0 aliphatic carbocycles. The van der Waals surface area contributed by atoms with E-state index in [2.05, 4.69) is 17.2 Å². The third-order valence-corrected chi connectivity index (χ3v) is 3.60. The average Bonchev–Trinajstić information content (AvgIpc) is 2.55. The molecule has 0 atom stereocenters. The van der Waals surface area contributed by atoms with Gasteiger partial charge >= 0.3 is 0 Å². The number of rotatable bonds is 6. The number of hydrogen-bond acceptors (Lipinski definition) is 4. The minimum absolute atomic E-state index is 0.0211. The number of anilines is 1. The normalized spacial score (nSPS) is 14.9. The molecule has 0 aromatic carbocycles. The summed E-state index contributed by atoms with van der Waals surface area (Å²) in [6.45, 7) is 5.36. The Bertz CT molecular complexity index is 484. The molecule has 0 saturated carbocycles. The van der Waals surface area contributed by atoms with Crippen LogP contribution >= 0.6 is 0 Å². The van der Waals surface area contributed by atoms with Gasteiger partial charge in [0.2, 0.25) is 6.41 Å². The molecule has 0 spiro atoms. The standard InChI is InChI=1S/C15H22N4O2/c1-2-3-4-17-14-9-13(10-16-11-14)15(21)19-7-5-18(12-20)6-8-19/h9-12,17H,2-8H2,1H3. The van der Waals surface area contributed by atoms with Crippen LogP contribution in [0.2, 0.25) is 0 Å². The summed E-state index contributed by atoms with van der Waals surface area (Å²) in [5, 5.41) is 3.27. The fourth-order valence-corrected chi connectivity index (χ4v) is 2.28. The van der Waals surface area contributed by atoms with Gasteiger partial charge in [-0.15, -0.1) is 0 Å². The number of piperazine rings is 1. The Morgan fingerprint density at radius 2 is 2.10 bits per heavy atom. The maximum atomic E-state index is 12.4. The lowest BCUT2D eigenvalue weighted by atomic mass is 10.2. The van der Waals surface area contributed by atoms with E-state index in [1.165, 1.54) is 0 Å². The van der Waals surface area contributed by atoms with Gasteiger partial charge in [0.15, 0.2) is 0 Å². The maximum absolute atomic E-state index is 12.4. The Labute approximate surface area is 125 Å². The summed E-state index contributed by atoms with van der Waals surface area (Å²) < 4.78 is 0. The summed E-state index contributed by atoms with van der Waals surface area (Å²) in [6, 6.07) is 1.84. The van der Waals surface area contributed by atoms with Gasteiger partial charge in [0, 0.05) is 45.1 Å². The number of carbonyl (C=O) groups excluding carboxylic acids is 2. The Balaban J connectivity index is 1.96. The monoisotopic (exact) mass is 290 g/mol. The van der Waals surface area contributed by atoms with Crippen molar-refractivity contribution < 1.29 is 9.59 Å². The average molecular weight is 290 g/mol. The largest absolute Gasteiger partial charge is 0.384 e. The molecule has 114 valence electrons. The zero-order valence-corrected chi connectivity index (χ0v) is 12.4. The number of carbonyl (C=O) groups is 2. The van der Waals surface area contributed by atoms with Crippen LogP contribution in [0.4, 0.5) is 5.69 Å². The number of nitrogens with zero attached hydrogens (tertiary/aromatic N) is 3. The van der Waals surface area contributed by atoms with Gasteiger partial charge in [0.25, 0.3) is 5.91 Å². The first-order valence-electron chi connectivity index (χ1n) is 7.42. The zero-order valence-electron chi connectivity index (χ0n) is 12.4. The van der Waals surface area contributed by atoms with E-state index in [0.29, 0.717) is 31.7 Å². The molecule has 1 N–H and O–H groups in total. The molecular weight excluding hydrogens is 268 g/mol. The van der Waals surface area contributed by atoms with E-state index in [4.69, 9.17) is 0 Å². The quantitative estimate of drug-likeness (QED) is 0.632. The SMILES string of the molecule is CCCCNc1cncc(C(=O)N2CCN(C=O)CC2)c1. The van der Waals surface area contributed by atoms with E-state index in [0.717, 1.165) is 31.5 Å². The van der Waals surface area contributed by atoms with Crippen molar-refractivity contribution in [1.29, 1.82) is 0 Å². The van der Waals surface area contributed by atoms with Gasteiger partial charge in [-0.2, -0.15) is 0 Å². The Morgan fingerprint density at radius 3 is 2.76 bits per heavy atom. The van der Waals surface area contributed by atoms with Crippen molar-refractivity contribution in [2.45, 2.75) is 19.8 Å². The fourth-order valence-electron chi connectivity index (χ4n) is 2.28. The van der Waals surface area contributed by atoms with Crippen molar-refractivity contribution in [1.82, 2.24) is 14.8 Å². The molecule has 6 nitrogen and oxygen atoms in total. The van der Waals surface area contributed by atoms with Crippen molar-refractivity contribution in [2.75, 3.05) is 38.0 Å². The minimum Gasteiger partial charge on any atom is -0.384 e. The van der Waals surface area contributed by atoms with Crippen molar-refractivity contribution in [3.05, 3.63) is 24.0 Å². The van der Waals surface area contributed by atoms with Gasteiger partial charge in [-0.1, -0.05) is 13.3 Å². The van der Waals surface area contributed by atoms with E-state index in [9.17, 15) is 9.59 Å². The van der Waals surface area contributed by atoms with Gasteiger partial charge in [-0.25, -0.2) is 0 Å². The van der Waals surface area contributed by atoms with E-state index < -0.39 is 0 Å². The number of aromatic nitrogens is 1. The second-order valence-corrected chi connectivity index (χ2v) is 5.18. The summed E-state index contributed by atoms with van der Waals surface area (Å²) in [6.07, 6.45) is 6.38. The second-order valence-electron chi connectivity index (χ2n) is 5.18. The molecule has 2 amide bonds. The number of amides is 2. The van der Waals surface area contributed by atoms with Crippen LogP contribution in [-0.4, -0.2) is 59.8 Å². The second kappa shape index (κ2) is 7.61. The molecule has 0 bridgehead atoms. The highest BCUT2D eigenvalue weighted by molar-refractivity contribution is 5.94. The predicted molar refractivity (Wildman–Crippen MR) is 81.2 cm³/mol. The summed E-state index contributed by atoms with van der Waals surface area (Å²) in [7, 11) is 0. The molecule has 1 aromatic heterocycles. The van der Waals surface area contributed by atoms with Crippen molar-refractivity contribution in [3.63, 3.8) is 0 Å². The number of hydrogen-bond donors (Lipinski definition) is 1. The molecule has 2 heterocycles. The van der Waals surface area contributed by atoms with Gasteiger partial charge in [0.1, 0.15) is 0 Å². The van der Waals surface area contributed by atoms with E-state index in [-0.39, 0.29) is 5.91 Å². The first-order valence-corrected chi connectivity index (χ1v) is 7.42. The smallest absolute Gasteiger partial charge is 0.255 e. The van der Waals surface area contributed by atoms with Crippen molar-refractivity contribution >= 4 is 18.0 Å². The highest BCUT2D eigenvalue weighted by Gasteiger charge is 2.21. The van der Waals surface area contributed by atoms with Gasteiger partial charge < -0.3 is 15.1 Å². The summed E-state index contributed by atoms with van der Waals surface area (Å²) in [4.78, 5) is 30.7. The fraction of sp³-hybridized carbons (Fsp3) is 0.533. The van der Waals surface area contributed by atoms with Crippen molar-refractivity contribution in [2.24, 2.45) is 0 Å². The van der Waals surface area contributed by atoms with E-state index in [1.807, 2.05) is 6.07 Å². The topological polar surface area (TPSA) is 65.5 Å².